The third kappa shape index (κ3) is 5.88. The summed E-state index contributed by atoms with van der Waals surface area (Å²) < 4.78 is 16.2. The van der Waals surface area contributed by atoms with Gasteiger partial charge in [0.2, 0.25) is 17.1 Å². The normalized spacial score (nSPS) is 17.4. The van der Waals surface area contributed by atoms with Gasteiger partial charge in [-0.05, 0) is 24.4 Å². The van der Waals surface area contributed by atoms with E-state index in [0.717, 1.165) is 25.9 Å². The van der Waals surface area contributed by atoms with E-state index in [1.54, 1.807) is 33.3 Å². The molecule has 1 amide bonds. The topological polar surface area (TPSA) is 109 Å². The van der Waals surface area contributed by atoms with Gasteiger partial charge in [0, 0.05) is 67.6 Å². The number of rotatable bonds is 10. The number of carbonyl (C=O) groups is 1. The van der Waals surface area contributed by atoms with Crippen molar-refractivity contribution in [2.45, 2.75) is 18.9 Å². The molecule has 2 aliphatic rings. The number of hydrogen-bond donors (Lipinski definition) is 0. The van der Waals surface area contributed by atoms with Crippen LogP contribution in [-0.4, -0.2) is 124 Å². The Morgan fingerprint density at radius 2 is 1.53 bits per heavy atom. The van der Waals surface area contributed by atoms with Crippen molar-refractivity contribution in [2.24, 2.45) is 0 Å². The fraction of sp³-hybridized carbons (Fsp3) is 0.696. The lowest BCUT2D eigenvalue weighted by Gasteiger charge is -2.35. The van der Waals surface area contributed by atoms with E-state index in [4.69, 9.17) is 35.8 Å². The fourth-order valence-electron chi connectivity index (χ4n) is 4.49. The molecular formula is C23H35ClN8O4. The molecule has 0 aliphatic carbocycles. The zero-order chi connectivity index (χ0) is 25.7. The van der Waals surface area contributed by atoms with E-state index in [2.05, 4.69) is 14.9 Å². The molecule has 2 aromatic heterocycles. The SMILES string of the molecule is COCCN(CCOC)c1nc(N2CCC(OC)CC2)c2nc(Cl)nc(N3CCN(C)C(=O)C3)c2n1. The predicted octanol–water partition coefficient (Wildman–Crippen LogP) is 1.07. The molecule has 0 N–H and O–H groups in total. The minimum atomic E-state index is 0.0158. The van der Waals surface area contributed by atoms with Crippen LogP contribution in [0.4, 0.5) is 17.6 Å². The Bertz CT molecular complexity index is 1040. The van der Waals surface area contributed by atoms with Crippen LogP contribution in [0.15, 0.2) is 0 Å². The third-order valence-electron chi connectivity index (χ3n) is 6.71. The number of anilines is 3. The van der Waals surface area contributed by atoms with E-state index in [1.807, 2.05) is 9.80 Å². The highest BCUT2D eigenvalue weighted by Crippen LogP contribution is 2.33. The zero-order valence-electron chi connectivity index (χ0n) is 21.4. The lowest BCUT2D eigenvalue weighted by Crippen LogP contribution is -2.49. The summed E-state index contributed by atoms with van der Waals surface area (Å²) in [6, 6.07) is 0. The smallest absolute Gasteiger partial charge is 0.241 e. The first-order valence-corrected chi connectivity index (χ1v) is 12.6. The Balaban J connectivity index is 1.83. The molecule has 0 saturated carbocycles. The summed E-state index contributed by atoms with van der Waals surface area (Å²) in [5.41, 5.74) is 1.15. The Kier molecular flexibility index (Phi) is 8.94. The zero-order valence-corrected chi connectivity index (χ0v) is 22.2. The molecule has 0 spiro atoms. The number of carbonyl (C=O) groups excluding carboxylic acids is 1. The van der Waals surface area contributed by atoms with E-state index >= 15 is 0 Å². The molecule has 4 heterocycles. The van der Waals surface area contributed by atoms with Crippen molar-refractivity contribution in [1.29, 1.82) is 0 Å². The standard InChI is InChI=1S/C23H35ClN8O4/c1-29-9-10-32(15-17(29)33)20-19-18(25-22(24)27-20)21(30-7-5-16(36-4)6-8-30)28-23(26-19)31(11-13-34-2)12-14-35-3/h16H,5-15H2,1-4H3. The Hall–Kier alpha value is -2.54. The lowest BCUT2D eigenvalue weighted by atomic mass is 10.1. The molecule has 2 saturated heterocycles. The van der Waals surface area contributed by atoms with Crippen LogP contribution in [0.25, 0.3) is 11.0 Å². The number of aromatic nitrogens is 4. The van der Waals surface area contributed by atoms with Crippen molar-refractivity contribution >= 4 is 46.1 Å². The molecular weight excluding hydrogens is 488 g/mol. The van der Waals surface area contributed by atoms with Gasteiger partial charge in [-0.2, -0.15) is 9.97 Å². The molecule has 0 unspecified atom stereocenters. The van der Waals surface area contributed by atoms with Crippen LogP contribution in [0.3, 0.4) is 0 Å². The first kappa shape index (κ1) is 26.5. The lowest BCUT2D eigenvalue weighted by molar-refractivity contribution is -0.129. The number of methoxy groups -OCH3 is 3. The largest absolute Gasteiger partial charge is 0.383 e. The van der Waals surface area contributed by atoms with Crippen LogP contribution in [0, 0.1) is 0 Å². The van der Waals surface area contributed by atoms with E-state index in [1.165, 1.54) is 0 Å². The molecule has 36 heavy (non-hydrogen) atoms. The molecule has 198 valence electrons. The third-order valence-corrected chi connectivity index (χ3v) is 6.88. The van der Waals surface area contributed by atoms with Gasteiger partial charge in [0.25, 0.3) is 0 Å². The van der Waals surface area contributed by atoms with Crippen LogP contribution in [0.2, 0.25) is 5.28 Å². The molecule has 2 aliphatic heterocycles. The Labute approximate surface area is 216 Å². The highest BCUT2D eigenvalue weighted by atomic mass is 35.5. The van der Waals surface area contributed by atoms with Crippen molar-refractivity contribution in [1.82, 2.24) is 24.8 Å². The number of halogens is 1. The first-order chi connectivity index (χ1) is 17.4. The van der Waals surface area contributed by atoms with Gasteiger partial charge in [-0.25, -0.2) is 9.97 Å². The molecule has 4 rings (SSSR count). The van der Waals surface area contributed by atoms with Gasteiger partial charge in [-0.3, -0.25) is 4.79 Å². The average Bonchev–Trinajstić information content (AvgIpc) is 2.89. The number of piperazine rings is 1. The van der Waals surface area contributed by atoms with E-state index in [0.29, 0.717) is 68.0 Å². The van der Waals surface area contributed by atoms with Gasteiger partial charge in [-0.1, -0.05) is 0 Å². The maximum absolute atomic E-state index is 12.5. The molecule has 0 atom stereocenters. The molecule has 2 aromatic rings. The van der Waals surface area contributed by atoms with Gasteiger partial charge < -0.3 is 33.8 Å². The maximum Gasteiger partial charge on any atom is 0.241 e. The number of fused-ring (bicyclic) bond motifs is 1. The maximum atomic E-state index is 12.5. The summed E-state index contributed by atoms with van der Waals surface area (Å²) in [5, 5.41) is 0.101. The Morgan fingerprint density at radius 1 is 0.889 bits per heavy atom. The second kappa shape index (κ2) is 12.1. The van der Waals surface area contributed by atoms with Crippen LogP contribution >= 0.6 is 11.6 Å². The fourth-order valence-corrected chi connectivity index (χ4v) is 4.65. The van der Waals surface area contributed by atoms with Gasteiger partial charge >= 0.3 is 0 Å². The minimum absolute atomic E-state index is 0.0158. The van der Waals surface area contributed by atoms with Crippen molar-refractivity contribution in [3.63, 3.8) is 0 Å². The summed E-state index contributed by atoms with van der Waals surface area (Å²) in [4.78, 5) is 39.4. The second-order valence-electron chi connectivity index (χ2n) is 8.99. The summed E-state index contributed by atoms with van der Waals surface area (Å²) in [5.74, 6) is 1.80. The molecule has 12 nitrogen and oxygen atoms in total. The summed E-state index contributed by atoms with van der Waals surface area (Å²) >= 11 is 6.42. The van der Waals surface area contributed by atoms with Gasteiger partial charge in [0.15, 0.2) is 11.6 Å². The van der Waals surface area contributed by atoms with E-state index in [-0.39, 0.29) is 23.8 Å². The summed E-state index contributed by atoms with van der Waals surface area (Å²) in [6.45, 7) is 5.15. The van der Waals surface area contributed by atoms with Crippen LogP contribution < -0.4 is 14.7 Å². The Morgan fingerprint density at radius 3 is 2.14 bits per heavy atom. The average molecular weight is 523 g/mol. The molecule has 0 radical (unpaired) electrons. The summed E-state index contributed by atoms with van der Waals surface area (Å²) in [7, 11) is 6.88. The van der Waals surface area contributed by atoms with Gasteiger partial charge in [-0.15, -0.1) is 0 Å². The highest BCUT2D eigenvalue weighted by molar-refractivity contribution is 6.29. The van der Waals surface area contributed by atoms with Crippen LogP contribution in [0.1, 0.15) is 12.8 Å². The molecule has 0 bridgehead atoms. The monoisotopic (exact) mass is 522 g/mol. The van der Waals surface area contributed by atoms with Crippen molar-refractivity contribution in [2.75, 3.05) is 102 Å². The first-order valence-electron chi connectivity index (χ1n) is 12.2. The van der Waals surface area contributed by atoms with Gasteiger partial charge in [0.05, 0.1) is 25.9 Å². The number of amides is 1. The van der Waals surface area contributed by atoms with E-state index < -0.39 is 0 Å². The number of hydrogen-bond acceptors (Lipinski definition) is 11. The van der Waals surface area contributed by atoms with E-state index in [9.17, 15) is 4.79 Å². The number of likely N-dealkylation sites (N-methyl/N-ethyl adjacent to an activating group) is 1. The quantitative estimate of drug-likeness (QED) is 0.418. The number of piperidine rings is 1. The van der Waals surface area contributed by atoms with Gasteiger partial charge in [0.1, 0.15) is 11.0 Å². The van der Waals surface area contributed by atoms with Crippen molar-refractivity contribution in [3.05, 3.63) is 5.28 Å². The summed E-state index contributed by atoms with van der Waals surface area (Å²) in [6.07, 6.45) is 1.99. The minimum Gasteiger partial charge on any atom is -0.383 e. The number of nitrogens with zero attached hydrogens (tertiary/aromatic N) is 8. The predicted molar refractivity (Wildman–Crippen MR) is 138 cm³/mol. The number of ether oxygens (including phenoxy) is 3. The van der Waals surface area contributed by atoms with Crippen LogP contribution in [0.5, 0.6) is 0 Å². The molecule has 13 heteroatoms. The van der Waals surface area contributed by atoms with Crippen LogP contribution in [-0.2, 0) is 19.0 Å². The van der Waals surface area contributed by atoms with Crippen molar-refractivity contribution in [3.8, 4) is 0 Å². The highest BCUT2D eigenvalue weighted by Gasteiger charge is 2.29. The van der Waals surface area contributed by atoms with Crippen molar-refractivity contribution < 1.29 is 19.0 Å². The molecule has 0 aromatic carbocycles. The second-order valence-corrected chi connectivity index (χ2v) is 9.33. The molecule has 2 fully saturated rings.